The summed E-state index contributed by atoms with van der Waals surface area (Å²) >= 11 is 7.62. The lowest BCUT2D eigenvalue weighted by Crippen LogP contribution is -2.26. The van der Waals surface area contributed by atoms with Gasteiger partial charge in [-0.25, -0.2) is 4.39 Å². The van der Waals surface area contributed by atoms with Crippen LogP contribution in [0.15, 0.2) is 18.2 Å². The molecule has 1 aromatic rings. The second kappa shape index (κ2) is 7.15. The Kier molecular flexibility index (Phi) is 6.17. The van der Waals surface area contributed by atoms with Gasteiger partial charge in [0, 0.05) is 16.8 Å². The smallest absolute Gasteiger partial charge is 0.126 e. The van der Waals surface area contributed by atoms with Gasteiger partial charge in [-0.2, -0.15) is 11.8 Å². The zero-order chi connectivity index (χ0) is 12.0. The van der Waals surface area contributed by atoms with Gasteiger partial charge in [-0.15, -0.1) is 0 Å². The summed E-state index contributed by atoms with van der Waals surface area (Å²) in [4.78, 5) is 0. The third kappa shape index (κ3) is 4.73. The summed E-state index contributed by atoms with van der Waals surface area (Å²) in [5, 5.41) is 0.560. The van der Waals surface area contributed by atoms with E-state index in [1.807, 2.05) is 11.8 Å². The number of thioether (sulfide) groups is 1. The van der Waals surface area contributed by atoms with Crippen LogP contribution in [0.4, 0.5) is 4.39 Å². The van der Waals surface area contributed by atoms with Crippen molar-refractivity contribution in [3.63, 3.8) is 0 Å². The second-order valence-electron chi connectivity index (χ2n) is 3.77. The molecule has 16 heavy (non-hydrogen) atoms. The van der Waals surface area contributed by atoms with Crippen molar-refractivity contribution >= 4 is 23.4 Å². The van der Waals surface area contributed by atoms with E-state index in [-0.39, 0.29) is 11.9 Å². The molecule has 0 aliphatic carbocycles. The summed E-state index contributed by atoms with van der Waals surface area (Å²) in [6, 6.07) is 4.59. The van der Waals surface area contributed by atoms with Gasteiger partial charge in [0.2, 0.25) is 0 Å². The Labute approximate surface area is 106 Å². The maximum atomic E-state index is 13.4. The molecule has 1 unspecified atom stereocenters. The number of benzene rings is 1. The van der Waals surface area contributed by atoms with E-state index in [0.717, 1.165) is 17.9 Å². The van der Waals surface area contributed by atoms with Crippen LogP contribution in [0.5, 0.6) is 0 Å². The minimum Gasteiger partial charge on any atom is -0.327 e. The zero-order valence-corrected chi connectivity index (χ0v) is 11.0. The summed E-state index contributed by atoms with van der Waals surface area (Å²) in [6.07, 6.45) is 1.69. The standard InChI is InChI=1S/C12H17ClFNS/c1-2-5-16-8-11(15)7-9-6-10(13)3-4-12(9)14/h3-4,6,11H,2,5,7-8,15H2,1H3. The average Bonchev–Trinajstić information content (AvgIpc) is 2.24. The molecule has 0 spiro atoms. The molecule has 1 aromatic carbocycles. The molecule has 90 valence electrons. The van der Waals surface area contributed by atoms with Crippen molar-refractivity contribution in [2.24, 2.45) is 5.73 Å². The van der Waals surface area contributed by atoms with Crippen LogP contribution in [0.3, 0.4) is 0 Å². The lowest BCUT2D eigenvalue weighted by molar-refractivity contribution is 0.597. The second-order valence-corrected chi connectivity index (χ2v) is 5.36. The van der Waals surface area contributed by atoms with Gasteiger partial charge in [-0.05, 0) is 42.4 Å². The third-order valence-corrected chi connectivity index (χ3v) is 3.77. The van der Waals surface area contributed by atoms with Crippen molar-refractivity contribution in [2.45, 2.75) is 25.8 Å². The summed E-state index contributed by atoms with van der Waals surface area (Å²) < 4.78 is 13.4. The van der Waals surface area contributed by atoms with Crippen molar-refractivity contribution in [2.75, 3.05) is 11.5 Å². The first-order valence-corrected chi connectivity index (χ1v) is 6.94. The lowest BCUT2D eigenvalue weighted by Gasteiger charge is -2.11. The average molecular weight is 262 g/mol. The van der Waals surface area contributed by atoms with Gasteiger partial charge in [0.1, 0.15) is 5.82 Å². The van der Waals surface area contributed by atoms with E-state index in [1.54, 1.807) is 12.1 Å². The monoisotopic (exact) mass is 261 g/mol. The minimum absolute atomic E-state index is 0.00971. The molecule has 0 fully saturated rings. The van der Waals surface area contributed by atoms with Crippen LogP contribution >= 0.6 is 23.4 Å². The minimum atomic E-state index is -0.222. The predicted molar refractivity (Wildman–Crippen MR) is 70.7 cm³/mol. The first kappa shape index (κ1) is 13.8. The summed E-state index contributed by atoms with van der Waals surface area (Å²) in [5.41, 5.74) is 6.54. The van der Waals surface area contributed by atoms with Crippen LogP contribution < -0.4 is 5.73 Å². The van der Waals surface area contributed by atoms with Gasteiger partial charge in [0.25, 0.3) is 0 Å². The fraction of sp³-hybridized carbons (Fsp3) is 0.500. The Morgan fingerprint density at radius 3 is 2.94 bits per heavy atom. The van der Waals surface area contributed by atoms with Gasteiger partial charge in [0.15, 0.2) is 0 Å². The van der Waals surface area contributed by atoms with Crippen molar-refractivity contribution < 1.29 is 4.39 Å². The van der Waals surface area contributed by atoms with E-state index >= 15 is 0 Å². The van der Waals surface area contributed by atoms with Crippen LogP contribution in [0.1, 0.15) is 18.9 Å². The molecule has 0 radical (unpaired) electrons. The van der Waals surface area contributed by atoms with Crippen molar-refractivity contribution in [1.82, 2.24) is 0 Å². The molecule has 0 amide bonds. The predicted octanol–water partition coefficient (Wildman–Crippen LogP) is 3.49. The molecule has 0 bridgehead atoms. The van der Waals surface area contributed by atoms with Gasteiger partial charge < -0.3 is 5.73 Å². The molecular weight excluding hydrogens is 245 g/mol. The topological polar surface area (TPSA) is 26.0 Å². The molecule has 4 heteroatoms. The number of hydrogen-bond acceptors (Lipinski definition) is 2. The maximum Gasteiger partial charge on any atom is 0.126 e. The highest BCUT2D eigenvalue weighted by Gasteiger charge is 2.08. The largest absolute Gasteiger partial charge is 0.327 e. The van der Waals surface area contributed by atoms with Gasteiger partial charge in [0.05, 0.1) is 0 Å². The van der Waals surface area contributed by atoms with E-state index in [1.165, 1.54) is 6.07 Å². The summed E-state index contributed by atoms with van der Waals surface area (Å²) in [6.45, 7) is 2.13. The van der Waals surface area contributed by atoms with Crippen LogP contribution in [-0.4, -0.2) is 17.5 Å². The Morgan fingerprint density at radius 2 is 2.25 bits per heavy atom. The van der Waals surface area contributed by atoms with Crippen LogP contribution in [-0.2, 0) is 6.42 Å². The van der Waals surface area contributed by atoms with Crippen LogP contribution in [0, 0.1) is 5.82 Å². The highest BCUT2D eigenvalue weighted by molar-refractivity contribution is 7.99. The SMILES string of the molecule is CCCSCC(N)Cc1cc(Cl)ccc1F. The highest BCUT2D eigenvalue weighted by atomic mass is 35.5. The lowest BCUT2D eigenvalue weighted by atomic mass is 10.1. The molecule has 0 heterocycles. The maximum absolute atomic E-state index is 13.4. The molecule has 1 nitrogen and oxygen atoms in total. The van der Waals surface area contributed by atoms with Crippen molar-refractivity contribution in [3.05, 3.63) is 34.6 Å². The fourth-order valence-corrected chi connectivity index (χ4v) is 2.49. The third-order valence-electron chi connectivity index (χ3n) is 2.17. The molecule has 2 N–H and O–H groups in total. The molecule has 1 atom stereocenters. The normalized spacial score (nSPS) is 12.8. The van der Waals surface area contributed by atoms with E-state index in [9.17, 15) is 4.39 Å². The van der Waals surface area contributed by atoms with Crippen LogP contribution in [0.2, 0.25) is 5.02 Å². The summed E-state index contributed by atoms with van der Waals surface area (Å²) in [5.74, 6) is 1.74. The molecule has 0 aliphatic rings. The van der Waals surface area contributed by atoms with E-state index in [4.69, 9.17) is 17.3 Å². The Hall–Kier alpha value is -0.250. The molecule has 0 saturated heterocycles. The fourth-order valence-electron chi connectivity index (χ4n) is 1.42. The zero-order valence-electron chi connectivity index (χ0n) is 9.38. The number of hydrogen-bond donors (Lipinski definition) is 1. The Morgan fingerprint density at radius 1 is 1.50 bits per heavy atom. The quantitative estimate of drug-likeness (QED) is 0.794. The number of rotatable bonds is 6. The Balaban J connectivity index is 2.48. The number of halogens is 2. The number of nitrogens with two attached hydrogens (primary N) is 1. The first-order chi connectivity index (χ1) is 7.63. The van der Waals surface area contributed by atoms with Crippen LogP contribution in [0.25, 0.3) is 0 Å². The van der Waals surface area contributed by atoms with E-state index < -0.39 is 0 Å². The first-order valence-electron chi connectivity index (χ1n) is 5.40. The van der Waals surface area contributed by atoms with E-state index in [2.05, 4.69) is 6.92 Å². The molecular formula is C12H17ClFNS. The van der Waals surface area contributed by atoms with Crippen molar-refractivity contribution in [3.8, 4) is 0 Å². The molecule has 0 aliphatic heterocycles. The van der Waals surface area contributed by atoms with Gasteiger partial charge in [-0.3, -0.25) is 0 Å². The molecule has 0 aromatic heterocycles. The van der Waals surface area contributed by atoms with Gasteiger partial charge in [-0.1, -0.05) is 18.5 Å². The highest BCUT2D eigenvalue weighted by Crippen LogP contribution is 2.17. The molecule has 0 saturated carbocycles. The van der Waals surface area contributed by atoms with E-state index in [0.29, 0.717) is 17.0 Å². The summed E-state index contributed by atoms with van der Waals surface area (Å²) in [7, 11) is 0. The molecule has 1 rings (SSSR count). The Bertz CT molecular complexity index is 333. The van der Waals surface area contributed by atoms with Gasteiger partial charge >= 0.3 is 0 Å². The van der Waals surface area contributed by atoms with Crippen molar-refractivity contribution in [1.29, 1.82) is 0 Å².